The van der Waals surface area contributed by atoms with Gasteiger partial charge in [-0.1, -0.05) is 26.0 Å². The summed E-state index contributed by atoms with van der Waals surface area (Å²) in [5, 5.41) is 3.37. The van der Waals surface area contributed by atoms with E-state index in [4.69, 9.17) is 4.74 Å². The van der Waals surface area contributed by atoms with Crippen LogP contribution >= 0.6 is 11.8 Å². The number of morpholine rings is 1. The van der Waals surface area contributed by atoms with Crippen LogP contribution in [0, 0.1) is 0 Å². The van der Waals surface area contributed by atoms with E-state index in [1.54, 1.807) is 36.0 Å². The Morgan fingerprint density at radius 3 is 2.28 bits per heavy atom. The number of amides is 1. The van der Waals surface area contributed by atoms with Crippen LogP contribution in [0.3, 0.4) is 0 Å². The molecule has 1 aliphatic rings. The van der Waals surface area contributed by atoms with E-state index in [0.717, 1.165) is 10.5 Å². The second-order valence-electron chi connectivity index (χ2n) is 7.03. The smallest absolute Gasteiger partial charge is 0.251 e. The molecule has 0 aliphatic carbocycles. The number of ether oxygens (including phenoxy) is 1. The number of hydrogen-bond donors (Lipinski definition) is 1. The SMILES string of the molecule is CC(C)Sc1ccc(C(=O)NCc2ccc(S(=O)(=O)N3CCOCC3)cc2)cc1. The van der Waals surface area contributed by atoms with E-state index in [1.807, 2.05) is 24.3 Å². The van der Waals surface area contributed by atoms with Crippen LogP contribution in [-0.2, 0) is 21.3 Å². The van der Waals surface area contributed by atoms with E-state index < -0.39 is 10.0 Å². The third kappa shape index (κ3) is 5.82. The van der Waals surface area contributed by atoms with Crippen molar-refractivity contribution in [2.24, 2.45) is 0 Å². The van der Waals surface area contributed by atoms with Gasteiger partial charge in [0, 0.05) is 35.3 Å². The van der Waals surface area contributed by atoms with Crippen molar-refractivity contribution in [3.63, 3.8) is 0 Å². The second kappa shape index (κ2) is 9.75. The molecule has 156 valence electrons. The fraction of sp³-hybridized carbons (Fsp3) is 0.381. The largest absolute Gasteiger partial charge is 0.379 e. The highest BCUT2D eigenvalue weighted by Crippen LogP contribution is 2.23. The molecule has 1 aliphatic heterocycles. The third-order valence-electron chi connectivity index (χ3n) is 4.47. The van der Waals surface area contributed by atoms with Crippen molar-refractivity contribution in [2.45, 2.75) is 35.4 Å². The van der Waals surface area contributed by atoms with Crippen LogP contribution in [0.4, 0.5) is 0 Å². The standard InChI is InChI=1S/C21H26N2O4S2/c1-16(2)28-19-7-5-18(6-8-19)21(24)22-15-17-3-9-20(10-4-17)29(25,26)23-11-13-27-14-12-23/h3-10,16H,11-15H2,1-2H3,(H,22,24). The molecule has 1 amide bonds. The summed E-state index contributed by atoms with van der Waals surface area (Å²) in [6.07, 6.45) is 0. The molecule has 0 bridgehead atoms. The van der Waals surface area contributed by atoms with Gasteiger partial charge in [-0.2, -0.15) is 4.31 Å². The summed E-state index contributed by atoms with van der Waals surface area (Å²) in [6, 6.07) is 14.2. The summed E-state index contributed by atoms with van der Waals surface area (Å²) >= 11 is 1.75. The quantitative estimate of drug-likeness (QED) is 0.678. The molecule has 0 unspecified atom stereocenters. The molecule has 3 rings (SSSR count). The number of nitrogens with zero attached hydrogens (tertiary/aromatic N) is 1. The van der Waals surface area contributed by atoms with E-state index in [9.17, 15) is 13.2 Å². The molecule has 1 N–H and O–H groups in total. The molecular formula is C21H26N2O4S2. The third-order valence-corrected chi connectivity index (χ3v) is 7.40. The van der Waals surface area contributed by atoms with Gasteiger partial charge in [-0.05, 0) is 42.0 Å². The Morgan fingerprint density at radius 2 is 1.69 bits per heavy atom. The molecule has 0 saturated carbocycles. The van der Waals surface area contributed by atoms with Gasteiger partial charge in [0.2, 0.25) is 10.0 Å². The number of nitrogens with one attached hydrogen (secondary N) is 1. The van der Waals surface area contributed by atoms with Gasteiger partial charge in [0.05, 0.1) is 18.1 Å². The average Bonchev–Trinajstić information content (AvgIpc) is 2.73. The molecule has 2 aromatic rings. The van der Waals surface area contributed by atoms with Gasteiger partial charge >= 0.3 is 0 Å². The van der Waals surface area contributed by atoms with Crippen molar-refractivity contribution in [3.05, 3.63) is 59.7 Å². The highest BCUT2D eigenvalue weighted by Gasteiger charge is 2.26. The molecule has 0 atom stereocenters. The fourth-order valence-electron chi connectivity index (χ4n) is 2.96. The maximum atomic E-state index is 12.6. The first kappa shape index (κ1) is 21.8. The van der Waals surface area contributed by atoms with Crippen LogP contribution in [-0.4, -0.2) is 50.2 Å². The lowest BCUT2D eigenvalue weighted by molar-refractivity contribution is 0.0730. The predicted octanol–water partition coefficient (Wildman–Crippen LogP) is 3.14. The van der Waals surface area contributed by atoms with E-state index in [0.29, 0.717) is 43.7 Å². The Bertz CT molecular complexity index is 920. The van der Waals surface area contributed by atoms with Gasteiger partial charge in [0.25, 0.3) is 5.91 Å². The molecule has 29 heavy (non-hydrogen) atoms. The zero-order chi connectivity index (χ0) is 20.9. The topological polar surface area (TPSA) is 75.7 Å². The Labute approximate surface area is 176 Å². The van der Waals surface area contributed by atoms with Gasteiger partial charge < -0.3 is 10.1 Å². The minimum absolute atomic E-state index is 0.156. The van der Waals surface area contributed by atoms with Gasteiger partial charge in [0.15, 0.2) is 0 Å². The highest BCUT2D eigenvalue weighted by molar-refractivity contribution is 7.99. The van der Waals surface area contributed by atoms with E-state index >= 15 is 0 Å². The van der Waals surface area contributed by atoms with Gasteiger partial charge in [-0.3, -0.25) is 4.79 Å². The molecule has 0 aromatic heterocycles. The number of carbonyl (C=O) groups is 1. The Morgan fingerprint density at radius 1 is 1.07 bits per heavy atom. The van der Waals surface area contributed by atoms with Crippen LogP contribution in [0.15, 0.2) is 58.3 Å². The van der Waals surface area contributed by atoms with Crippen LogP contribution < -0.4 is 5.32 Å². The molecule has 1 heterocycles. The minimum Gasteiger partial charge on any atom is -0.379 e. The van der Waals surface area contributed by atoms with Crippen molar-refractivity contribution < 1.29 is 17.9 Å². The summed E-state index contributed by atoms with van der Waals surface area (Å²) in [5.41, 5.74) is 1.44. The Balaban J connectivity index is 1.57. The lowest BCUT2D eigenvalue weighted by Crippen LogP contribution is -2.40. The minimum atomic E-state index is -3.50. The highest BCUT2D eigenvalue weighted by atomic mass is 32.2. The maximum Gasteiger partial charge on any atom is 0.251 e. The predicted molar refractivity (Wildman–Crippen MR) is 115 cm³/mol. The second-order valence-corrected chi connectivity index (χ2v) is 10.6. The average molecular weight is 435 g/mol. The number of thioether (sulfide) groups is 1. The number of benzene rings is 2. The van der Waals surface area contributed by atoms with E-state index in [-0.39, 0.29) is 10.8 Å². The first-order chi connectivity index (χ1) is 13.9. The molecule has 0 spiro atoms. The van der Waals surface area contributed by atoms with Crippen LogP contribution in [0.2, 0.25) is 0 Å². The molecular weight excluding hydrogens is 408 g/mol. The van der Waals surface area contributed by atoms with Gasteiger partial charge in [-0.15, -0.1) is 11.8 Å². The summed E-state index contributed by atoms with van der Waals surface area (Å²) in [7, 11) is -3.50. The Hall–Kier alpha value is -1.87. The van der Waals surface area contributed by atoms with Crippen LogP contribution in [0.1, 0.15) is 29.8 Å². The molecule has 2 aromatic carbocycles. The van der Waals surface area contributed by atoms with Crippen molar-refractivity contribution >= 4 is 27.7 Å². The van der Waals surface area contributed by atoms with Crippen LogP contribution in [0.5, 0.6) is 0 Å². The molecule has 8 heteroatoms. The van der Waals surface area contributed by atoms with Crippen LogP contribution in [0.25, 0.3) is 0 Å². The van der Waals surface area contributed by atoms with E-state index in [1.165, 1.54) is 4.31 Å². The number of hydrogen-bond acceptors (Lipinski definition) is 5. The maximum absolute atomic E-state index is 12.6. The summed E-state index contributed by atoms with van der Waals surface area (Å²) < 4.78 is 31.9. The number of sulfonamides is 1. The monoisotopic (exact) mass is 434 g/mol. The zero-order valence-corrected chi connectivity index (χ0v) is 18.3. The first-order valence-electron chi connectivity index (χ1n) is 9.58. The molecule has 0 radical (unpaired) electrons. The lowest BCUT2D eigenvalue weighted by Gasteiger charge is -2.26. The van der Waals surface area contributed by atoms with Gasteiger partial charge in [-0.25, -0.2) is 8.42 Å². The summed E-state index contributed by atoms with van der Waals surface area (Å²) in [6.45, 7) is 6.16. The first-order valence-corrected chi connectivity index (χ1v) is 11.9. The van der Waals surface area contributed by atoms with Gasteiger partial charge in [0.1, 0.15) is 0 Å². The fourth-order valence-corrected chi connectivity index (χ4v) is 5.20. The molecule has 6 nitrogen and oxygen atoms in total. The zero-order valence-electron chi connectivity index (χ0n) is 16.6. The normalized spacial score (nSPS) is 15.4. The Kier molecular flexibility index (Phi) is 7.34. The lowest BCUT2D eigenvalue weighted by atomic mass is 10.2. The van der Waals surface area contributed by atoms with E-state index in [2.05, 4.69) is 19.2 Å². The molecule has 1 fully saturated rings. The summed E-state index contributed by atoms with van der Waals surface area (Å²) in [4.78, 5) is 13.7. The molecule has 1 saturated heterocycles. The summed E-state index contributed by atoms with van der Waals surface area (Å²) in [5.74, 6) is -0.156. The van der Waals surface area contributed by atoms with Crippen molar-refractivity contribution in [3.8, 4) is 0 Å². The van der Waals surface area contributed by atoms with Crippen molar-refractivity contribution in [2.75, 3.05) is 26.3 Å². The number of carbonyl (C=O) groups excluding carboxylic acids is 1. The number of rotatable bonds is 7. The van der Waals surface area contributed by atoms with Crippen molar-refractivity contribution in [1.82, 2.24) is 9.62 Å². The van der Waals surface area contributed by atoms with Crippen molar-refractivity contribution in [1.29, 1.82) is 0 Å².